The summed E-state index contributed by atoms with van der Waals surface area (Å²) in [5, 5.41) is 2.79. The van der Waals surface area contributed by atoms with Crippen molar-refractivity contribution in [2.75, 3.05) is 18.1 Å². The summed E-state index contributed by atoms with van der Waals surface area (Å²) in [5.41, 5.74) is 1.61. The van der Waals surface area contributed by atoms with Gasteiger partial charge in [0.2, 0.25) is 5.91 Å². The largest absolute Gasteiger partial charge is 0.484 e. The van der Waals surface area contributed by atoms with E-state index in [0.29, 0.717) is 18.0 Å². The predicted molar refractivity (Wildman–Crippen MR) is 92.0 cm³/mol. The Balaban J connectivity index is 1.52. The van der Waals surface area contributed by atoms with Crippen LogP contribution < -0.4 is 15.0 Å². The number of carbonyl (C=O) groups excluding carboxylic acids is 2. The maximum Gasteiger partial charge on any atom is 0.258 e. The van der Waals surface area contributed by atoms with E-state index in [1.54, 1.807) is 24.3 Å². The summed E-state index contributed by atoms with van der Waals surface area (Å²) in [7, 11) is 0. The van der Waals surface area contributed by atoms with Crippen molar-refractivity contribution in [1.82, 2.24) is 5.32 Å². The number of aryl methyl sites for hydroxylation is 1. The Morgan fingerprint density at radius 2 is 2.04 bits per heavy atom. The van der Waals surface area contributed by atoms with Gasteiger partial charge >= 0.3 is 0 Å². The molecular weight excluding hydrogens is 323 g/mol. The number of ether oxygens (including phenoxy) is 1. The molecule has 0 radical (unpaired) electrons. The van der Waals surface area contributed by atoms with Crippen LogP contribution in [-0.2, 0) is 9.59 Å². The van der Waals surface area contributed by atoms with Crippen LogP contribution in [0.3, 0.4) is 0 Å². The van der Waals surface area contributed by atoms with E-state index in [9.17, 15) is 14.0 Å². The van der Waals surface area contributed by atoms with Crippen molar-refractivity contribution in [3.8, 4) is 5.75 Å². The fraction of sp³-hybridized carbons (Fsp3) is 0.263. The molecule has 3 rings (SSSR count). The van der Waals surface area contributed by atoms with Crippen LogP contribution >= 0.6 is 0 Å². The number of anilines is 1. The van der Waals surface area contributed by atoms with Crippen molar-refractivity contribution in [3.63, 3.8) is 0 Å². The molecule has 1 fully saturated rings. The number of nitrogens with zero attached hydrogens (tertiary/aromatic N) is 1. The van der Waals surface area contributed by atoms with Crippen LogP contribution in [0, 0.1) is 12.7 Å². The second-order valence-electron chi connectivity index (χ2n) is 6.05. The summed E-state index contributed by atoms with van der Waals surface area (Å²) in [6, 6.07) is 12.9. The highest BCUT2D eigenvalue weighted by atomic mass is 19.1. The third-order valence-corrected chi connectivity index (χ3v) is 4.00. The van der Waals surface area contributed by atoms with Gasteiger partial charge in [0, 0.05) is 18.7 Å². The number of carbonyl (C=O) groups is 2. The van der Waals surface area contributed by atoms with Crippen molar-refractivity contribution < 1.29 is 18.7 Å². The van der Waals surface area contributed by atoms with Crippen molar-refractivity contribution in [1.29, 1.82) is 0 Å². The molecule has 0 aliphatic carbocycles. The second kappa shape index (κ2) is 7.34. The molecule has 5 nitrogen and oxygen atoms in total. The fourth-order valence-electron chi connectivity index (χ4n) is 2.75. The molecule has 6 heteroatoms. The molecule has 1 unspecified atom stereocenters. The summed E-state index contributed by atoms with van der Waals surface area (Å²) in [6.07, 6.45) is 0.187. The van der Waals surface area contributed by atoms with Crippen LogP contribution in [0.15, 0.2) is 48.5 Å². The molecule has 2 amide bonds. The Bertz CT molecular complexity index is 776. The zero-order valence-corrected chi connectivity index (χ0v) is 13.9. The highest BCUT2D eigenvalue weighted by molar-refractivity contribution is 5.96. The van der Waals surface area contributed by atoms with Gasteiger partial charge in [-0.25, -0.2) is 4.39 Å². The Hall–Kier alpha value is -2.89. The van der Waals surface area contributed by atoms with Gasteiger partial charge in [0.1, 0.15) is 11.6 Å². The van der Waals surface area contributed by atoms with E-state index in [1.165, 1.54) is 17.0 Å². The van der Waals surface area contributed by atoms with Gasteiger partial charge in [-0.1, -0.05) is 23.8 Å². The van der Waals surface area contributed by atoms with Crippen LogP contribution in [-0.4, -0.2) is 31.0 Å². The Kier molecular flexibility index (Phi) is 4.97. The molecule has 1 aliphatic rings. The molecule has 0 saturated carbocycles. The van der Waals surface area contributed by atoms with E-state index in [0.717, 1.165) is 5.56 Å². The Morgan fingerprint density at radius 1 is 1.28 bits per heavy atom. The first-order valence-corrected chi connectivity index (χ1v) is 8.06. The Labute approximate surface area is 145 Å². The zero-order chi connectivity index (χ0) is 17.8. The van der Waals surface area contributed by atoms with E-state index in [1.807, 2.05) is 19.1 Å². The average molecular weight is 342 g/mol. The zero-order valence-electron chi connectivity index (χ0n) is 13.9. The summed E-state index contributed by atoms with van der Waals surface area (Å²) >= 11 is 0. The first-order chi connectivity index (χ1) is 12.0. The average Bonchev–Trinajstić information content (AvgIpc) is 2.94. The summed E-state index contributed by atoms with van der Waals surface area (Å²) in [6.45, 7) is 2.17. The van der Waals surface area contributed by atoms with Crippen molar-refractivity contribution >= 4 is 17.5 Å². The molecule has 1 saturated heterocycles. The monoisotopic (exact) mass is 342 g/mol. The summed E-state index contributed by atoms with van der Waals surface area (Å²) < 4.78 is 18.7. The molecule has 1 atom stereocenters. The minimum absolute atomic E-state index is 0.117. The number of halogens is 1. The van der Waals surface area contributed by atoms with Gasteiger partial charge < -0.3 is 15.0 Å². The first-order valence-electron chi connectivity index (χ1n) is 8.06. The second-order valence-corrected chi connectivity index (χ2v) is 6.05. The molecule has 130 valence electrons. The number of hydrogen-bond acceptors (Lipinski definition) is 3. The topological polar surface area (TPSA) is 58.6 Å². The van der Waals surface area contributed by atoms with E-state index in [4.69, 9.17) is 4.74 Å². The van der Waals surface area contributed by atoms with Gasteiger partial charge in [-0.3, -0.25) is 9.59 Å². The standard InChI is InChI=1S/C19H19FN2O3/c1-13-5-7-17(8-6-13)25-12-18(23)21-15-10-19(24)22(11-15)16-4-2-3-14(20)9-16/h2-9,15H,10-12H2,1H3,(H,21,23). The number of nitrogens with one attached hydrogen (secondary N) is 1. The number of benzene rings is 2. The third-order valence-electron chi connectivity index (χ3n) is 4.00. The lowest BCUT2D eigenvalue weighted by atomic mass is 10.2. The molecule has 2 aromatic carbocycles. The van der Waals surface area contributed by atoms with Crippen molar-refractivity contribution in [3.05, 3.63) is 59.9 Å². The highest BCUT2D eigenvalue weighted by Gasteiger charge is 2.31. The van der Waals surface area contributed by atoms with Crippen molar-refractivity contribution in [2.45, 2.75) is 19.4 Å². The maximum absolute atomic E-state index is 13.3. The van der Waals surface area contributed by atoms with Crippen LogP contribution in [0.5, 0.6) is 5.75 Å². The maximum atomic E-state index is 13.3. The van der Waals surface area contributed by atoms with E-state index in [-0.39, 0.29) is 30.9 Å². The van der Waals surface area contributed by atoms with Gasteiger partial charge in [0.05, 0.1) is 6.04 Å². The van der Waals surface area contributed by atoms with E-state index in [2.05, 4.69) is 5.32 Å². The molecule has 1 N–H and O–H groups in total. The molecule has 0 aromatic heterocycles. The molecular formula is C19H19FN2O3. The fourth-order valence-corrected chi connectivity index (χ4v) is 2.75. The van der Waals surface area contributed by atoms with Gasteiger partial charge in [-0.2, -0.15) is 0 Å². The summed E-state index contributed by atoms with van der Waals surface area (Å²) in [5.74, 6) is -0.219. The molecule has 0 bridgehead atoms. The normalized spacial score (nSPS) is 16.8. The van der Waals surface area contributed by atoms with Crippen LogP contribution in [0.4, 0.5) is 10.1 Å². The van der Waals surface area contributed by atoms with Gasteiger partial charge in [-0.15, -0.1) is 0 Å². The van der Waals surface area contributed by atoms with Crippen molar-refractivity contribution in [2.24, 2.45) is 0 Å². The minimum Gasteiger partial charge on any atom is -0.484 e. The van der Waals surface area contributed by atoms with Gasteiger partial charge in [-0.05, 0) is 37.3 Å². The predicted octanol–water partition coefficient (Wildman–Crippen LogP) is 2.43. The molecule has 0 spiro atoms. The first kappa shape index (κ1) is 17.0. The Morgan fingerprint density at radius 3 is 2.76 bits per heavy atom. The molecule has 25 heavy (non-hydrogen) atoms. The van der Waals surface area contributed by atoms with Gasteiger partial charge in [0.25, 0.3) is 5.91 Å². The molecule has 2 aromatic rings. The quantitative estimate of drug-likeness (QED) is 0.908. The number of amides is 2. The minimum atomic E-state index is -0.399. The third kappa shape index (κ3) is 4.35. The molecule has 1 heterocycles. The van der Waals surface area contributed by atoms with Gasteiger partial charge in [0.15, 0.2) is 6.61 Å². The SMILES string of the molecule is Cc1ccc(OCC(=O)NC2CC(=O)N(c3cccc(F)c3)C2)cc1. The number of rotatable bonds is 5. The molecule has 1 aliphatic heterocycles. The number of hydrogen-bond donors (Lipinski definition) is 1. The summed E-state index contributed by atoms with van der Waals surface area (Å²) in [4.78, 5) is 25.6. The highest BCUT2D eigenvalue weighted by Crippen LogP contribution is 2.22. The lowest BCUT2D eigenvalue weighted by Gasteiger charge is -2.17. The van der Waals surface area contributed by atoms with E-state index < -0.39 is 5.82 Å². The lowest BCUT2D eigenvalue weighted by Crippen LogP contribution is -2.39. The van der Waals surface area contributed by atoms with Crippen LogP contribution in [0.25, 0.3) is 0 Å². The lowest BCUT2D eigenvalue weighted by molar-refractivity contribution is -0.123. The van der Waals surface area contributed by atoms with Crippen LogP contribution in [0.1, 0.15) is 12.0 Å². The van der Waals surface area contributed by atoms with E-state index >= 15 is 0 Å². The van der Waals surface area contributed by atoms with Crippen LogP contribution in [0.2, 0.25) is 0 Å². The smallest absolute Gasteiger partial charge is 0.258 e.